The number of halogens is 2. The molecular formula is C18H23Cl2N3O. The summed E-state index contributed by atoms with van der Waals surface area (Å²) in [5.41, 5.74) is 2.09. The van der Waals surface area contributed by atoms with Gasteiger partial charge in [-0.15, -0.1) is 24.8 Å². The molecule has 1 aromatic carbocycles. The van der Waals surface area contributed by atoms with E-state index in [0.717, 1.165) is 30.6 Å². The maximum Gasteiger partial charge on any atom is 0.237 e. The second-order valence-corrected chi connectivity index (χ2v) is 5.65. The first-order valence-electron chi connectivity index (χ1n) is 7.81. The van der Waals surface area contributed by atoms with Crippen molar-refractivity contribution in [1.29, 1.82) is 0 Å². The Bertz CT molecular complexity index is 604. The Hall–Kier alpha value is -1.62. The largest absolute Gasteiger partial charge is 0.348 e. The van der Waals surface area contributed by atoms with Crippen molar-refractivity contribution in [2.45, 2.75) is 31.3 Å². The first-order chi connectivity index (χ1) is 10.8. The van der Waals surface area contributed by atoms with Crippen LogP contribution in [0, 0.1) is 0 Å². The van der Waals surface area contributed by atoms with E-state index < -0.39 is 0 Å². The Morgan fingerprint density at radius 1 is 1.17 bits per heavy atom. The summed E-state index contributed by atoms with van der Waals surface area (Å²) in [7, 11) is 0. The number of nitrogens with one attached hydrogen (secondary N) is 2. The van der Waals surface area contributed by atoms with Gasteiger partial charge in [-0.2, -0.15) is 0 Å². The molecule has 0 spiro atoms. The average molecular weight is 368 g/mol. The van der Waals surface area contributed by atoms with Gasteiger partial charge in [0.25, 0.3) is 0 Å². The van der Waals surface area contributed by atoms with Crippen LogP contribution in [0.25, 0.3) is 0 Å². The van der Waals surface area contributed by atoms with Crippen molar-refractivity contribution in [2.75, 3.05) is 6.54 Å². The molecule has 1 unspecified atom stereocenters. The zero-order valence-electron chi connectivity index (χ0n) is 13.4. The predicted octanol–water partition coefficient (Wildman–Crippen LogP) is 3.08. The van der Waals surface area contributed by atoms with E-state index in [0.29, 0.717) is 6.42 Å². The highest BCUT2D eigenvalue weighted by Gasteiger charge is 2.25. The molecule has 0 aliphatic carbocycles. The molecule has 1 saturated heterocycles. The van der Waals surface area contributed by atoms with Crippen molar-refractivity contribution >= 4 is 30.7 Å². The van der Waals surface area contributed by atoms with Crippen molar-refractivity contribution in [3.63, 3.8) is 0 Å². The number of hydrogen-bond donors (Lipinski definition) is 2. The predicted molar refractivity (Wildman–Crippen MR) is 101 cm³/mol. The maximum atomic E-state index is 12.4. The number of aromatic nitrogens is 1. The summed E-state index contributed by atoms with van der Waals surface area (Å²) in [6.45, 7) is 0.925. The molecule has 0 radical (unpaired) electrons. The van der Waals surface area contributed by atoms with Gasteiger partial charge in [-0.25, -0.2) is 0 Å². The molecule has 0 bridgehead atoms. The lowest BCUT2D eigenvalue weighted by atomic mass is 10.0. The summed E-state index contributed by atoms with van der Waals surface area (Å²) >= 11 is 0. The molecular weight excluding hydrogens is 345 g/mol. The quantitative estimate of drug-likeness (QED) is 0.853. The molecule has 4 nitrogen and oxygen atoms in total. The highest BCUT2D eigenvalue weighted by atomic mass is 35.5. The van der Waals surface area contributed by atoms with Crippen LogP contribution in [0.4, 0.5) is 0 Å². The molecule has 1 aliphatic rings. The molecule has 1 fully saturated rings. The fraction of sp³-hybridized carbons (Fsp3) is 0.333. The summed E-state index contributed by atoms with van der Waals surface area (Å²) in [5.74, 6) is 0.0854. The van der Waals surface area contributed by atoms with Gasteiger partial charge in [0.05, 0.1) is 12.1 Å². The third-order valence-corrected chi connectivity index (χ3v) is 4.03. The van der Waals surface area contributed by atoms with Crippen LogP contribution in [-0.4, -0.2) is 23.5 Å². The van der Waals surface area contributed by atoms with E-state index in [1.165, 1.54) is 0 Å². The van der Waals surface area contributed by atoms with Crippen LogP contribution in [0.15, 0.2) is 54.7 Å². The highest BCUT2D eigenvalue weighted by Crippen LogP contribution is 2.18. The molecule has 1 aromatic heterocycles. The van der Waals surface area contributed by atoms with E-state index in [9.17, 15) is 4.79 Å². The first kappa shape index (κ1) is 20.4. The molecule has 1 amide bonds. The number of hydrogen-bond acceptors (Lipinski definition) is 3. The number of rotatable bonds is 5. The number of nitrogens with zero attached hydrogens (tertiary/aromatic N) is 1. The number of carbonyl (C=O) groups excluding carboxylic acids is 1. The van der Waals surface area contributed by atoms with E-state index >= 15 is 0 Å². The lowest BCUT2D eigenvalue weighted by molar-refractivity contribution is -0.123. The van der Waals surface area contributed by atoms with Gasteiger partial charge < -0.3 is 10.6 Å². The molecule has 24 heavy (non-hydrogen) atoms. The zero-order chi connectivity index (χ0) is 15.2. The zero-order valence-corrected chi connectivity index (χ0v) is 15.0. The van der Waals surface area contributed by atoms with E-state index in [1.54, 1.807) is 6.20 Å². The van der Waals surface area contributed by atoms with Gasteiger partial charge in [-0.3, -0.25) is 9.78 Å². The van der Waals surface area contributed by atoms with Gasteiger partial charge in [-0.1, -0.05) is 36.4 Å². The second kappa shape index (κ2) is 10.3. The van der Waals surface area contributed by atoms with Gasteiger partial charge >= 0.3 is 0 Å². The summed E-state index contributed by atoms with van der Waals surface area (Å²) in [6, 6.07) is 15.9. The van der Waals surface area contributed by atoms with Crippen LogP contribution in [0.2, 0.25) is 0 Å². The van der Waals surface area contributed by atoms with Crippen LogP contribution in [-0.2, 0) is 11.2 Å². The van der Waals surface area contributed by atoms with E-state index in [2.05, 4.69) is 27.8 Å². The Balaban J connectivity index is 0.00000144. The Morgan fingerprint density at radius 3 is 2.54 bits per heavy atom. The van der Waals surface area contributed by atoms with Crippen molar-refractivity contribution in [3.05, 3.63) is 66.0 Å². The molecule has 2 atom stereocenters. The van der Waals surface area contributed by atoms with Gasteiger partial charge in [0.2, 0.25) is 5.91 Å². The van der Waals surface area contributed by atoms with Crippen molar-refractivity contribution in [2.24, 2.45) is 0 Å². The molecule has 2 N–H and O–H groups in total. The highest BCUT2D eigenvalue weighted by molar-refractivity contribution is 5.85. The normalized spacial score (nSPS) is 17.2. The van der Waals surface area contributed by atoms with E-state index in [1.807, 2.05) is 36.4 Å². The number of amides is 1. The molecule has 2 heterocycles. The monoisotopic (exact) mass is 367 g/mol. The smallest absolute Gasteiger partial charge is 0.237 e. The minimum atomic E-state index is -0.0602. The van der Waals surface area contributed by atoms with Crippen molar-refractivity contribution in [1.82, 2.24) is 15.6 Å². The van der Waals surface area contributed by atoms with Gasteiger partial charge in [0.15, 0.2) is 0 Å². The van der Waals surface area contributed by atoms with Crippen molar-refractivity contribution < 1.29 is 4.79 Å². The Kier molecular flexibility index (Phi) is 8.76. The van der Waals surface area contributed by atoms with E-state index in [4.69, 9.17) is 0 Å². The average Bonchev–Trinajstić information content (AvgIpc) is 3.11. The van der Waals surface area contributed by atoms with Crippen LogP contribution >= 0.6 is 24.8 Å². The fourth-order valence-electron chi connectivity index (χ4n) is 2.85. The molecule has 6 heteroatoms. The molecule has 3 rings (SSSR count). The van der Waals surface area contributed by atoms with Crippen LogP contribution in [0.1, 0.15) is 30.1 Å². The van der Waals surface area contributed by atoms with Gasteiger partial charge in [-0.05, 0) is 37.1 Å². The number of pyridine rings is 1. The molecule has 0 saturated carbocycles. The minimum Gasteiger partial charge on any atom is -0.348 e. The van der Waals surface area contributed by atoms with E-state index in [-0.39, 0.29) is 42.8 Å². The Labute approximate surface area is 155 Å². The molecule has 130 valence electrons. The molecule has 1 aliphatic heterocycles. The summed E-state index contributed by atoms with van der Waals surface area (Å²) in [5, 5.41) is 6.43. The minimum absolute atomic E-state index is 0. The third-order valence-electron chi connectivity index (χ3n) is 4.03. The van der Waals surface area contributed by atoms with Crippen LogP contribution in [0.5, 0.6) is 0 Å². The summed E-state index contributed by atoms with van der Waals surface area (Å²) in [6.07, 6.45) is 4.46. The lowest BCUT2D eigenvalue weighted by Crippen LogP contribution is -2.42. The van der Waals surface area contributed by atoms with Gasteiger partial charge in [0, 0.05) is 18.3 Å². The number of benzene rings is 1. The van der Waals surface area contributed by atoms with Crippen LogP contribution in [0.3, 0.4) is 0 Å². The van der Waals surface area contributed by atoms with Crippen molar-refractivity contribution in [3.8, 4) is 0 Å². The third kappa shape index (κ3) is 5.48. The van der Waals surface area contributed by atoms with Gasteiger partial charge in [0.1, 0.15) is 0 Å². The maximum absolute atomic E-state index is 12.4. The Morgan fingerprint density at radius 2 is 1.92 bits per heavy atom. The number of carbonyl (C=O) groups is 1. The molecule has 2 aromatic rings. The standard InChI is InChI=1S/C18H21N3O.2ClH/c22-18(16-10-6-12-20-16)21-17(14-7-2-1-3-8-14)13-15-9-4-5-11-19-15;;/h1-5,7-9,11,16-17,20H,6,10,12-13H2,(H,21,22);2*1H/t16-,17?;;/m0../s1. The second-order valence-electron chi connectivity index (χ2n) is 5.65. The summed E-state index contributed by atoms with van der Waals surface area (Å²) < 4.78 is 0. The SMILES string of the molecule is Cl.Cl.O=C(NC(Cc1ccccn1)c1ccccc1)[C@@H]1CCCN1. The topological polar surface area (TPSA) is 54.0 Å². The van der Waals surface area contributed by atoms with Crippen LogP contribution < -0.4 is 10.6 Å². The summed E-state index contributed by atoms with van der Waals surface area (Å²) in [4.78, 5) is 16.8. The lowest BCUT2D eigenvalue weighted by Gasteiger charge is -2.21. The fourth-order valence-corrected chi connectivity index (χ4v) is 2.85. The first-order valence-corrected chi connectivity index (χ1v) is 7.81.